The van der Waals surface area contributed by atoms with Crippen LogP contribution >= 0.6 is 27.5 Å². The molecule has 0 saturated carbocycles. The van der Waals surface area contributed by atoms with E-state index in [1.807, 2.05) is 24.3 Å². The van der Waals surface area contributed by atoms with Crippen molar-refractivity contribution in [3.8, 4) is 0 Å². The van der Waals surface area contributed by atoms with Gasteiger partial charge < -0.3 is 5.32 Å². The van der Waals surface area contributed by atoms with Gasteiger partial charge in [0.2, 0.25) is 0 Å². The summed E-state index contributed by atoms with van der Waals surface area (Å²) in [5.41, 5.74) is 2.33. The zero-order valence-electron chi connectivity index (χ0n) is 13.8. The van der Waals surface area contributed by atoms with Crippen LogP contribution in [0.5, 0.6) is 0 Å². The number of hydrogen-bond donors (Lipinski definition) is 1. The Bertz CT molecular complexity index is 879. The predicted molar refractivity (Wildman–Crippen MR) is 107 cm³/mol. The van der Waals surface area contributed by atoms with Gasteiger partial charge in [0, 0.05) is 27.2 Å². The minimum atomic E-state index is -0.301. The Morgan fingerprint density at radius 1 is 0.962 bits per heavy atom. The molecule has 0 aliphatic rings. The molecule has 0 bridgehead atoms. The van der Waals surface area contributed by atoms with E-state index in [9.17, 15) is 9.18 Å². The van der Waals surface area contributed by atoms with Crippen LogP contribution in [-0.2, 0) is 0 Å². The summed E-state index contributed by atoms with van der Waals surface area (Å²) >= 11 is 9.35. The third kappa shape index (κ3) is 4.93. The van der Waals surface area contributed by atoms with E-state index in [2.05, 4.69) is 21.2 Å². The first-order chi connectivity index (χ1) is 12.5. The van der Waals surface area contributed by atoms with Crippen molar-refractivity contribution >= 4 is 39.0 Å². The molecule has 0 amide bonds. The Morgan fingerprint density at radius 2 is 1.58 bits per heavy atom. The SMILES string of the molecule is O=C(CC(Nc1ccc(F)cc1)c1ccc(Cl)cc1)c1ccc(Br)cc1. The number of halogens is 3. The summed E-state index contributed by atoms with van der Waals surface area (Å²) < 4.78 is 14.1. The summed E-state index contributed by atoms with van der Waals surface area (Å²) in [6.07, 6.45) is 0.265. The van der Waals surface area contributed by atoms with Gasteiger partial charge in [0.15, 0.2) is 5.78 Å². The lowest BCUT2D eigenvalue weighted by Crippen LogP contribution is -2.16. The quantitative estimate of drug-likeness (QED) is 0.441. The number of carbonyl (C=O) groups excluding carboxylic acids is 1. The lowest BCUT2D eigenvalue weighted by Gasteiger charge is -2.20. The minimum Gasteiger partial charge on any atom is -0.378 e. The summed E-state index contributed by atoms with van der Waals surface area (Å²) in [5.74, 6) is -0.281. The summed E-state index contributed by atoms with van der Waals surface area (Å²) in [4.78, 5) is 12.7. The van der Waals surface area contributed by atoms with Gasteiger partial charge in [-0.1, -0.05) is 51.8 Å². The van der Waals surface area contributed by atoms with Crippen LogP contribution in [0, 0.1) is 5.82 Å². The minimum absolute atomic E-state index is 0.0204. The van der Waals surface area contributed by atoms with Crippen molar-refractivity contribution in [1.82, 2.24) is 0 Å². The van der Waals surface area contributed by atoms with Crippen LogP contribution in [-0.4, -0.2) is 5.78 Å². The highest BCUT2D eigenvalue weighted by atomic mass is 79.9. The monoisotopic (exact) mass is 431 g/mol. The Hall–Kier alpha value is -2.17. The number of hydrogen-bond acceptors (Lipinski definition) is 2. The lowest BCUT2D eigenvalue weighted by atomic mass is 9.97. The molecule has 1 atom stereocenters. The molecule has 1 unspecified atom stereocenters. The van der Waals surface area contributed by atoms with Gasteiger partial charge in [-0.25, -0.2) is 4.39 Å². The lowest BCUT2D eigenvalue weighted by molar-refractivity contribution is 0.0976. The number of carbonyl (C=O) groups is 1. The smallest absolute Gasteiger partial charge is 0.165 e. The highest BCUT2D eigenvalue weighted by Crippen LogP contribution is 2.26. The second kappa shape index (κ2) is 8.47. The van der Waals surface area contributed by atoms with Crippen LogP contribution < -0.4 is 5.32 Å². The standard InChI is InChI=1S/C21H16BrClFNO/c22-16-5-1-15(2-6-16)21(26)13-20(14-3-7-17(23)8-4-14)25-19-11-9-18(24)10-12-19/h1-12,20,25H,13H2. The van der Waals surface area contributed by atoms with Crippen molar-refractivity contribution in [3.05, 3.63) is 99.2 Å². The molecule has 132 valence electrons. The Labute approximate surface area is 165 Å². The van der Waals surface area contributed by atoms with Crippen molar-refractivity contribution in [2.24, 2.45) is 0 Å². The Balaban J connectivity index is 1.84. The van der Waals surface area contributed by atoms with Crippen LogP contribution in [0.15, 0.2) is 77.3 Å². The number of anilines is 1. The van der Waals surface area contributed by atoms with Crippen molar-refractivity contribution in [3.63, 3.8) is 0 Å². The molecule has 0 radical (unpaired) electrons. The number of rotatable bonds is 6. The number of ketones is 1. The molecule has 0 aliphatic carbocycles. The van der Waals surface area contributed by atoms with Crippen LogP contribution in [0.1, 0.15) is 28.4 Å². The molecule has 5 heteroatoms. The third-order valence-electron chi connectivity index (χ3n) is 4.01. The second-order valence-electron chi connectivity index (χ2n) is 5.89. The van der Waals surface area contributed by atoms with E-state index in [-0.39, 0.29) is 24.1 Å². The average Bonchev–Trinajstić information content (AvgIpc) is 2.64. The fourth-order valence-electron chi connectivity index (χ4n) is 2.63. The van der Waals surface area contributed by atoms with E-state index in [0.29, 0.717) is 10.6 Å². The van der Waals surface area contributed by atoms with Gasteiger partial charge in [-0.15, -0.1) is 0 Å². The first-order valence-electron chi connectivity index (χ1n) is 8.07. The van der Waals surface area contributed by atoms with Crippen LogP contribution in [0.2, 0.25) is 5.02 Å². The molecule has 3 aromatic rings. The molecule has 26 heavy (non-hydrogen) atoms. The van der Waals surface area contributed by atoms with Gasteiger partial charge in [0.05, 0.1) is 6.04 Å². The zero-order chi connectivity index (χ0) is 18.5. The van der Waals surface area contributed by atoms with Gasteiger partial charge in [-0.05, 0) is 54.1 Å². The first kappa shape index (κ1) is 18.6. The number of nitrogens with one attached hydrogen (secondary N) is 1. The van der Waals surface area contributed by atoms with Crippen molar-refractivity contribution in [2.45, 2.75) is 12.5 Å². The molecule has 3 rings (SSSR count). The van der Waals surface area contributed by atoms with Gasteiger partial charge >= 0.3 is 0 Å². The van der Waals surface area contributed by atoms with Crippen LogP contribution in [0.25, 0.3) is 0 Å². The normalized spacial score (nSPS) is 11.8. The van der Waals surface area contributed by atoms with Gasteiger partial charge in [-0.3, -0.25) is 4.79 Å². The number of benzene rings is 3. The molecule has 0 aromatic heterocycles. The number of Topliss-reactive ketones (excluding diaryl/α,β-unsaturated/α-hetero) is 1. The zero-order valence-corrected chi connectivity index (χ0v) is 16.1. The molecule has 0 spiro atoms. The molecule has 2 nitrogen and oxygen atoms in total. The van der Waals surface area contributed by atoms with Crippen LogP contribution in [0.3, 0.4) is 0 Å². The Morgan fingerprint density at radius 3 is 2.19 bits per heavy atom. The molecule has 0 aliphatic heterocycles. The first-order valence-corrected chi connectivity index (χ1v) is 9.25. The fraction of sp³-hybridized carbons (Fsp3) is 0.0952. The Kier molecular flexibility index (Phi) is 6.07. The van der Waals surface area contributed by atoms with E-state index < -0.39 is 0 Å². The molecular weight excluding hydrogens is 417 g/mol. The van der Waals surface area contributed by atoms with E-state index in [4.69, 9.17) is 11.6 Å². The second-order valence-corrected chi connectivity index (χ2v) is 7.24. The highest BCUT2D eigenvalue weighted by Gasteiger charge is 2.17. The summed E-state index contributed by atoms with van der Waals surface area (Å²) in [6.45, 7) is 0. The molecule has 0 fully saturated rings. The molecular formula is C21H16BrClFNO. The molecule has 3 aromatic carbocycles. The van der Waals surface area contributed by atoms with Gasteiger partial charge in [-0.2, -0.15) is 0 Å². The molecule has 0 heterocycles. The maximum atomic E-state index is 13.2. The summed E-state index contributed by atoms with van der Waals surface area (Å²) in [5, 5.41) is 3.95. The average molecular weight is 433 g/mol. The van der Waals surface area contributed by atoms with Crippen molar-refractivity contribution < 1.29 is 9.18 Å². The maximum Gasteiger partial charge on any atom is 0.165 e. The van der Waals surface area contributed by atoms with E-state index in [1.165, 1.54) is 12.1 Å². The summed E-state index contributed by atoms with van der Waals surface area (Å²) in [6, 6.07) is 20.5. The fourth-order valence-corrected chi connectivity index (χ4v) is 3.02. The molecule has 0 saturated heterocycles. The predicted octanol–water partition coefficient (Wildman–Crippen LogP) is 6.67. The summed E-state index contributed by atoms with van der Waals surface area (Å²) in [7, 11) is 0. The van der Waals surface area contributed by atoms with Gasteiger partial charge in [0.1, 0.15) is 5.82 Å². The molecule has 1 N–H and O–H groups in total. The maximum absolute atomic E-state index is 13.2. The third-order valence-corrected chi connectivity index (χ3v) is 4.79. The van der Waals surface area contributed by atoms with E-state index >= 15 is 0 Å². The largest absolute Gasteiger partial charge is 0.378 e. The van der Waals surface area contributed by atoms with Crippen LogP contribution in [0.4, 0.5) is 10.1 Å². The topological polar surface area (TPSA) is 29.1 Å². The van der Waals surface area contributed by atoms with E-state index in [0.717, 1.165) is 15.7 Å². The van der Waals surface area contributed by atoms with E-state index in [1.54, 1.807) is 36.4 Å². The van der Waals surface area contributed by atoms with Crippen molar-refractivity contribution in [2.75, 3.05) is 5.32 Å². The van der Waals surface area contributed by atoms with Gasteiger partial charge in [0.25, 0.3) is 0 Å². The van der Waals surface area contributed by atoms with Crippen molar-refractivity contribution in [1.29, 1.82) is 0 Å². The highest BCUT2D eigenvalue weighted by molar-refractivity contribution is 9.10.